The first kappa shape index (κ1) is 4.53. The third kappa shape index (κ3) is 0.572. The Morgan fingerprint density at radius 3 is 2.75 bits per heavy atom. The van der Waals surface area contributed by atoms with E-state index in [4.69, 9.17) is 4.84 Å². The van der Waals surface area contributed by atoms with Gasteiger partial charge in [0.25, 0.3) is 0 Å². The van der Waals surface area contributed by atoms with Gasteiger partial charge in [-0.2, -0.15) is 5.48 Å². The Hall–Kier alpha value is -0.340. The van der Waals surface area contributed by atoms with Crippen LogP contribution in [0.5, 0.6) is 0 Å². The molecule has 8 heavy (non-hydrogen) atoms. The maximum Gasteiger partial charge on any atom is 0.0864 e. The Morgan fingerprint density at radius 2 is 2.38 bits per heavy atom. The molecular weight excluding hydrogens is 102 g/mol. The van der Waals surface area contributed by atoms with Crippen LogP contribution in [0.3, 0.4) is 0 Å². The summed E-state index contributed by atoms with van der Waals surface area (Å²) in [5, 5.41) is 0. The highest BCUT2D eigenvalue weighted by Gasteiger charge is 2.41. The topological polar surface area (TPSA) is 21.3 Å². The van der Waals surface area contributed by atoms with Crippen LogP contribution in [0.2, 0.25) is 0 Å². The maximum atomic E-state index is 5.01. The molecule has 2 rings (SSSR count). The molecule has 1 aliphatic carbocycles. The predicted molar refractivity (Wildman–Crippen MR) is 30.2 cm³/mol. The lowest BCUT2D eigenvalue weighted by Crippen LogP contribution is -2.32. The first-order valence-corrected chi connectivity index (χ1v) is 2.98. The summed E-state index contributed by atoms with van der Waals surface area (Å²) in [4.78, 5) is 5.01. The molecule has 0 aromatic heterocycles. The zero-order chi connectivity index (χ0) is 5.45. The van der Waals surface area contributed by atoms with Gasteiger partial charge in [0, 0.05) is 0 Å². The SMILES string of the molecule is C1=CC2(CC2)NOC1. The lowest BCUT2D eigenvalue weighted by atomic mass is 10.2. The minimum atomic E-state index is 0.276. The van der Waals surface area contributed by atoms with Crippen molar-refractivity contribution in [3.05, 3.63) is 12.2 Å². The highest BCUT2D eigenvalue weighted by molar-refractivity contribution is 5.17. The molecule has 0 amide bonds. The van der Waals surface area contributed by atoms with Gasteiger partial charge in [-0.05, 0) is 12.8 Å². The van der Waals surface area contributed by atoms with Crippen molar-refractivity contribution in [2.75, 3.05) is 6.61 Å². The largest absolute Gasteiger partial charge is 0.297 e. The van der Waals surface area contributed by atoms with Crippen LogP contribution in [0, 0.1) is 0 Å². The first-order chi connectivity index (χ1) is 3.91. The molecule has 0 unspecified atom stereocenters. The van der Waals surface area contributed by atoms with E-state index < -0.39 is 0 Å². The normalized spacial score (nSPS) is 31.0. The second-order valence-electron chi connectivity index (χ2n) is 2.47. The van der Waals surface area contributed by atoms with Crippen LogP contribution in [0.15, 0.2) is 12.2 Å². The molecule has 1 N–H and O–H groups in total. The minimum Gasteiger partial charge on any atom is -0.297 e. The van der Waals surface area contributed by atoms with Crippen molar-refractivity contribution in [3.63, 3.8) is 0 Å². The molecule has 2 nitrogen and oxygen atoms in total. The molecule has 1 aliphatic heterocycles. The molecule has 0 aromatic carbocycles. The zero-order valence-corrected chi connectivity index (χ0v) is 4.68. The number of hydroxylamine groups is 1. The second-order valence-corrected chi connectivity index (χ2v) is 2.47. The van der Waals surface area contributed by atoms with Crippen LogP contribution in [-0.2, 0) is 4.84 Å². The van der Waals surface area contributed by atoms with Crippen molar-refractivity contribution in [1.82, 2.24) is 5.48 Å². The van der Waals surface area contributed by atoms with E-state index in [0.29, 0.717) is 0 Å². The lowest BCUT2D eigenvalue weighted by Gasteiger charge is -2.15. The summed E-state index contributed by atoms with van der Waals surface area (Å²) < 4.78 is 0. The predicted octanol–water partition coefficient (Wildman–Crippen LogP) is 0.610. The highest BCUT2D eigenvalue weighted by atomic mass is 16.6. The van der Waals surface area contributed by atoms with E-state index in [1.54, 1.807) is 0 Å². The molecule has 0 aromatic rings. The summed E-state index contributed by atoms with van der Waals surface area (Å²) in [5.41, 5.74) is 3.26. The van der Waals surface area contributed by atoms with E-state index in [9.17, 15) is 0 Å². The van der Waals surface area contributed by atoms with Gasteiger partial charge in [0.1, 0.15) is 0 Å². The fourth-order valence-corrected chi connectivity index (χ4v) is 0.945. The van der Waals surface area contributed by atoms with Gasteiger partial charge in [-0.15, -0.1) is 0 Å². The van der Waals surface area contributed by atoms with Crippen LogP contribution < -0.4 is 5.48 Å². The Balaban J connectivity index is 2.13. The van der Waals surface area contributed by atoms with Gasteiger partial charge < -0.3 is 0 Å². The molecule has 0 saturated heterocycles. The van der Waals surface area contributed by atoms with Crippen molar-refractivity contribution >= 4 is 0 Å². The van der Waals surface area contributed by atoms with Gasteiger partial charge in [-0.3, -0.25) is 4.84 Å². The highest BCUT2D eigenvalue weighted by Crippen LogP contribution is 2.37. The van der Waals surface area contributed by atoms with Crippen molar-refractivity contribution in [3.8, 4) is 0 Å². The van der Waals surface area contributed by atoms with Crippen LogP contribution in [-0.4, -0.2) is 12.1 Å². The standard InChI is InChI=1S/C6H9NO/c1-2-6(3-4-6)7-8-5-1/h1-2,7H,3-5H2. The average Bonchev–Trinajstić information content (AvgIpc) is 2.52. The molecule has 2 aliphatic rings. The molecular formula is C6H9NO. The smallest absolute Gasteiger partial charge is 0.0864 e. The van der Waals surface area contributed by atoms with Crippen molar-refractivity contribution in [2.45, 2.75) is 18.4 Å². The van der Waals surface area contributed by atoms with E-state index in [2.05, 4.69) is 17.6 Å². The second kappa shape index (κ2) is 1.33. The van der Waals surface area contributed by atoms with E-state index in [1.165, 1.54) is 12.8 Å². The minimum absolute atomic E-state index is 0.276. The Labute approximate surface area is 48.5 Å². The third-order valence-corrected chi connectivity index (χ3v) is 1.68. The van der Waals surface area contributed by atoms with Crippen molar-refractivity contribution in [2.24, 2.45) is 0 Å². The van der Waals surface area contributed by atoms with Gasteiger partial charge in [0.05, 0.1) is 12.1 Å². The van der Waals surface area contributed by atoms with Gasteiger partial charge in [-0.1, -0.05) is 12.2 Å². The molecule has 44 valence electrons. The van der Waals surface area contributed by atoms with Crippen molar-refractivity contribution in [1.29, 1.82) is 0 Å². The molecule has 0 bridgehead atoms. The Kier molecular flexibility index (Phi) is 0.754. The lowest BCUT2D eigenvalue weighted by molar-refractivity contribution is 0.0293. The number of hydrogen-bond acceptors (Lipinski definition) is 2. The van der Waals surface area contributed by atoms with Crippen molar-refractivity contribution < 1.29 is 4.84 Å². The summed E-state index contributed by atoms with van der Waals surface area (Å²) >= 11 is 0. The molecule has 0 radical (unpaired) electrons. The van der Waals surface area contributed by atoms with E-state index in [0.717, 1.165) is 6.61 Å². The monoisotopic (exact) mass is 111 g/mol. The van der Waals surface area contributed by atoms with Crippen LogP contribution in [0.4, 0.5) is 0 Å². The first-order valence-electron chi connectivity index (χ1n) is 2.98. The Bertz CT molecular complexity index is 126. The van der Waals surface area contributed by atoms with E-state index >= 15 is 0 Å². The molecule has 1 fully saturated rings. The number of hydrogen-bond donors (Lipinski definition) is 1. The maximum absolute atomic E-state index is 5.01. The fourth-order valence-electron chi connectivity index (χ4n) is 0.945. The van der Waals surface area contributed by atoms with Gasteiger partial charge in [0.2, 0.25) is 0 Å². The van der Waals surface area contributed by atoms with Gasteiger partial charge in [-0.25, -0.2) is 0 Å². The summed E-state index contributed by atoms with van der Waals surface area (Å²) in [6.07, 6.45) is 6.76. The molecule has 0 atom stereocenters. The summed E-state index contributed by atoms with van der Waals surface area (Å²) in [6, 6.07) is 0. The van der Waals surface area contributed by atoms with Crippen LogP contribution in [0.1, 0.15) is 12.8 Å². The molecule has 1 saturated carbocycles. The van der Waals surface area contributed by atoms with Gasteiger partial charge >= 0.3 is 0 Å². The quantitative estimate of drug-likeness (QED) is 0.462. The third-order valence-electron chi connectivity index (χ3n) is 1.68. The summed E-state index contributed by atoms with van der Waals surface area (Å²) in [5.74, 6) is 0. The summed E-state index contributed by atoms with van der Waals surface area (Å²) in [7, 11) is 0. The number of rotatable bonds is 0. The van der Waals surface area contributed by atoms with Crippen LogP contribution in [0.25, 0.3) is 0 Å². The molecule has 1 spiro atoms. The fraction of sp³-hybridized carbons (Fsp3) is 0.667. The average molecular weight is 111 g/mol. The molecule has 2 heteroatoms. The van der Waals surface area contributed by atoms with Gasteiger partial charge in [0.15, 0.2) is 0 Å². The molecule has 1 heterocycles. The van der Waals surface area contributed by atoms with E-state index in [1.807, 2.05) is 0 Å². The Morgan fingerprint density at radius 1 is 1.50 bits per heavy atom. The van der Waals surface area contributed by atoms with Crippen LogP contribution >= 0.6 is 0 Å². The number of nitrogens with one attached hydrogen (secondary N) is 1. The van der Waals surface area contributed by atoms with E-state index in [-0.39, 0.29) is 5.54 Å². The summed E-state index contributed by atoms with van der Waals surface area (Å²) in [6.45, 7) is 0.724. The zero-order valence-electron chi connectivity index (χ0n) is 4.68.